The minimum Gasteiger partial charge on any atom is -0.328 e. The molecule has 1 nitrogen and oxygen atoms in total. The van der Waals surface area contributed by atoms with Gasteiger partial charge in [0.05, 0.1) is 0 Å². The van der Waals surface area contributed by atoms with Crippen LogP contribution in [0.15, 0.2) is 0 Å². The fourth-order valence-corrected chi connectivity index (χ4v) is 1.82. The van der Waals surface area contributed by atoms with Crippen LogP contribution >= 0.6 is 0 Å². The van der Waals surface area contributed by atoms with Crippen LogP contribution in [0.5, 0.6) is 0 Å². The molecule has 0 spiro atoms. The molecule has 0 radical (unpaired) electrons. The van der Waals surface area contributed by atoms with Gasteiger partial charge in [0.1, 0.15) is 0 Å². The van der Waals surface area contributed by atoms with E-state index < -0.39 is 0 Å². The monoisotopic (exact) mass is 141 g/mol. The molecule has 0 aromatic heterocycles. The molecule has 0 amide bonds. The summed E-state index contributed by atoms with van der Waals surface area (Å²) in [6.45, 7) is 2.29. The molecule has 10 heavy (non-hydrogen) atoms. The summed E-state index contributed by atoms with van der Waals surface area (Å²) in [4.78, 5) is 0. The normalized spacial score (nSPS) is 35.4. The van der Waals surface area contributed by atoms with Gasteiger partial charge < -0.3 is 5.73 Å². The predicted molar refractivity (Wildman–Crippen MR) is 44.8 cm³/mol. The van der Waals surface area contributed by atoms with Gasteiger partial charge in [0.25, 0.3) is 0 Å². The molecule has 0 saturated heterocycles. The lowest BCUT2D eigenvalue weighted by Crippen LogP contribution is -2.17. The maximum absolute atomic E-state index is 5.85. The Bertz CT molecular complexity index is 90.7. The molecular formula is C9H19N. The van der Waals surface area contributed by atoms with Gasteiger partial charge in [0.2, 0.25) is 0 Å². The van der Waals surface area contributed by atoms with Gasteiger partial charge in [-0.25, -0.2) is 0 Å². The molecule has 2 unspecified atom stereocenters. The van der Waals surface area contributed by atoms with Crippen LogP contribution in [0.4, 0.5) is 0 Å². The first-order valence-electron chi connectivity index (χ1n) is 4.58. The van der Waals surface area contributed by atoms with E-state index in [0.29, 0.717) is 6.04 Å². The van der Waals surface area contributed by atoms with Gasteiger partial charge in [0, 0.05) is 6.04 Å². The molecule has 1 fully saturated rings. The van der Waals surface area contributed by atoms with Crippen LogP contribution in [0, 0.1) is 5.92 Å². The first kappa shape index (κ1) is 8.06. The van der Waals surface area contributed by atoms with Gasteiger partial charge in [0.15, 0.2) is 0 Å². The van der Waals surface area contributed by atoms with Crippen molar-refractivity contribution in [1.82, 2.24) is 0 Å². The van der Waals surface area contributed by atoms with Crippen LogP contribution in [0.1, 0.15) is 45.4 Å². The van der Waals surface area contributed by atoms with E-state index in [2.05, 4.69) is 6.92 Å². The van der Waals surface area contributed by atoms with E-state index in [4.69, 9.17) is 5.73 Å². The molecule has 0 bridgehead atoms. The van der Waals surface area contributed by atoms with Crippen molar-refractivity contribution < 1.29 is 0 Å². The minimum absolute atomic E-state index is 0.511. The molecule has 1 heteroatoms. The second-order valence-electron chi connectivity index (χ2n) is 3.54. The molecule has 0 aromatic carbocycles. The predicted octanol–water partition coefficient (Wildman–Crippen LogP) is 2.30. The fourth-order valence-electron chi connectivity index (χ4n) is 1.82. The second kappa shape index (κ2) is 3.97. The minimum atomic E-state index is 0.511. The highest BCUT2D eigenvalue weighted by atomic mass is 14.6. The zero-order valence-corrected chi connectivity index (χ0v) is 6.97. The van der Waals surface area contributed by atoms with E-state index in [9.17, 15) is 0 Å². The highest BCUT2D eigenvalue weighted by Crippen LogP contribution is 2.24. The third-order valence-electron chi connectivity index (χ3n) is 2.71. The van der Waals surface area contributed by atoms with Crippen molar-refractivity contribution in [1.29, 1.82) is 0 Å². The molecule has 1 aliphatic rings. The van der Waals surface area contributed by atoms with E-state index in [1.54, 1.807) is 0 Å². The molecule has 0 aromatic rings. The summed E-state index contributed by atoms with van der Waals surface area (Å²) in [6.07, 6.45) is 8.03. The number of nitrogens with two attached hydrogens (primary N) is 1. The van der Waals surface area contributed by atoms with Crippen LogP contribution in [-0.2, 0) is 0 Å². The molecule has 1 saturated carbocycles. The summed E-state index contributed by atoms with van der Waals surface area (Å²) < 4.78 is 0. The average Bonchev–Trinajstić information content (AvgIpc) is 2.14. The second-order valence-corrected chi connectivity index (χ2v) is 3.54. The van der Waals surface area contributed by atoms with Gasteiger partial charge in [-0.05, 0) is 25.2 Å². The zero-order valence-electron chi connectivity index (χ0n) is 6.97. The van der Waals surface area contributed by atoms with Crippen molar-refractivity contribution in [3.05, 3.63) is 0 Å². The fraction of sp³-hybridized carbons (Fsp3) is 1.00. The van der Waals surface area contributed by atoms with Gasteiger partial charge in [-0.2, -0.15) is 0 Å². The van der Waals surface area contributed by atoms with E-state index in [1.165, 1.54) is 38.5 Å². The number of hydrogen-bond donors (Lipinski definition) is 1. The lowest BCUT2D eigenvalue weighted by atomic mass is 9.98. The van der Waals surface area contributed by atoms with Crippen molar-refractivity contribution in [3.63, 3.8) is 0 Å². The maximum Gasteiger partial charge on any atom is 0.00389 e. The lowest BCUT2D eigenvalue weighted by Gasteiger charge is -2.09. The van der Waals surface area contributed by atoms with E-state index in [-0.39, 0.29) is 0 Å². The summed E-state index contributed by atoms with van der Waals surface area (Å²) in [5.74, 6) is 0.980. The Kier molecular flexibility index (Phi) is 3.20. The third kappa shape index (κ3) is 2.30. The molecule has 0 aliphatic heterocycles. The maximum atomic E-state index is 5.85. The average molecular weight is 141 g/mol. The van der Waals surface area contributed by atoms with E-state index in [1.807, 2.05) is 0 Å². The van der Waals surface area contributed by atoms with Crippen LogP contribution < -0.4 is 5.73 Å². The van der Waals surface area contributed by atoms with Crippen molar-refractivity contribution in [2.24, 2.45) is 11.7 Å². The van der Waals surface area contributed by atoms with Crippen molar-refractivity contribution in [3.8, 4) is 0 Å². The van der Waals surface area contributed by atoms with Crippen molar-refractivity contribution in [2.75, 3.05) is 0 Å². The summed E-state index contributed by atoms with van der Waals surface area (Å²) in [6, 6.07) is 0.511. The Labute approximate surface area is 64.0 Å². The molecule has 60 valence electrons. The highest BCUT2D eigenvalue weighted by molar-refractivity contribution is 4.70. The first-order valence-corrected chi connectivity index (χ1v) is 4.58. The molecule has 2 N–H and O–H groups in total. The van der Waals surface area contributed by atoms with Crippen LogP contribution in [0.3, 0.4) is 0 Å². The Hall–Kier alpha value is -0.0400. The molecule has 2 atom stereocenters. The number of hydrogen-bond acceptors (Lipinski definition) is 1. The quantitative estimate of drug-likeness (QED) is 0.557. The van der Waals surface area contributed by atoms with E-state index >= 15 is 0 Å². The Morgan fingerprint density at radius 2 is 2.00 bits per heavy atom. The zero-order chi connectivity index (χ0) is 7.40. The topological polar surface area (TPSA) is 26.0 Å². The molecule has 1 aliphatic carbocycles. The SMILES string of the molecule is CCC1CCCC(N)CC1. The summed E-state index contributed by atoms with van der Waals surface area (Å²) in [5.41, 5.74) is 5.85. The van der Waals surface area contributed by atoms with Gasteiger partial charge in [-0.3, -0.25) is 0 Å². The summed E-state index contributed by atoms with van der Waals surface area (Å²) in [5, 5.41) is 0. The Balaban J connectivity index is 2.26. The Morgan fingerprint density at radius 3 is 2.70 bits per heavy atom. The highest BCUT2D eigenvalue weighted by Gasteiger charge is 2.13. The number of rotatable bonds is 1. The lowest BCUT2D eigenvalue weighted by molar-refractivity contribution is 0.443. The molecule has 0 heterocycles. The van der Waals surface area contributed by atoms with Crippen molar-refractivity contribution >= 4 is 0 Å². The van der Waals surface area contributed by atoms with Gasteiger partial charge >= 0.3 is 0 Å². The van der Waals surface area contributed by atoms with Gasteiger partial charge in [-0.15, -0.1) is 0 Å². The summed E-state index contributed by atoms with van der Waals surface area (Å²) in [7, 11) is 0. The van der Waals surface area contributed by atoms with Crippen LogP contribution in [-0.4, -0.2) is 6.04 Å². The van der Waals surface area contributed by atoms with Crippen LogP contribution in [0.2, 0.25) is 0 Å². The van der Waals surface area contributed by atoms with Gasteiger partial charge in [-0.1, -0.05) is 26.2 Å². The van der Waals surface area contributed by atoms with Crippen molar-refractivity contribution in [2.45, 2.75) is 51.5 Å². The Morgan fingerprint density at radius 1 is 1.20 bits per heavy atom. The molecular weight excluding hydrogens is 122 g/mol. The van der Waals surface area contributed by atoms with Crippen LogP contribution in [0.25, 0.3) is 0 Å². The molecule has 1 rings (SSSR count). The third-order valence-corrected chi connectivity index (χ3v) is 2.71. The largest absolute Gasteiger partial charge is 0.328 e. The standard InChI is InChI=1S/C9H19N/c1-2-8-4-3-5-9(10)7-6-8/h8-9H,2-7,10H2,1H3. The first-order chi connectivity index (χ1) is 4.83. The smallest absolute Gasteiger partial charge is 0.00389 e. The van der Waals surface area contributed by atoms with E-state index in [0.717, 1.165) is 5.92 Å². The summed E-state index contributed by atoms with van der Waals surface area (Å²) >= 11 is 0.